The Morgan fingerprint density at radius 2 is 1.76 bits per heavy atom. The van der Waals surface area contributed by atoms with E-state index in [9.17, 15) is 9.59 Å². The SMILES string of the molecule is CCN(CC1CCN(C(=NC)NCC(C)(C)C(=O)NC)CC1)C(=O)OC(C)(C)C. The van der Waals surface area contributed by atoms with Gasteiger partial charge in [0, 0.05) is 46.8 Å². The van der Waals surface area contributed by atoms with Crippen molar-refractivity contribution in [3.8, 4) is 0 Å². The molecule has 168 valence electrons. The van der Waals surface area contributed by atoms with E-state index >= 15 is 0 Å². The topological polar surface area (TPSA) is 86.3 Å². The highest BCUT2D eigenvalue weighted by molar-refractivity contribution is 5.84. The van der Waals surface area contributed by atoms with Crippen molar-refractivity contribution >= 4 is 18.0 Å². The summed E-state index contributed by atoms with van der Waals surface area (Å²) in [4.78, 5) is 32.8. The fourth-order valence-corrected chi connectivity index (χ4v) is 3.35. The van der Waals surface area contributed by atoms with E-state index in [4.69, 9.17) is 4.74 Å². The van der Waals surface area contributed by atoms with Crippen molar-refractivity contribution < 1.29 is 14.3 Å². The maximum Gasteiger partial charge on any atom is 0.410 e. The van der Waals surface area contributed by atoms with Gasteiger partial charge < -0.3 is 25.2 Å². The van der Waals surface area contributed by atoms with Gasteiger partial charge >= 0.3 is 6.09 Å². The van der Waals surface area contributed by atoms with E-state index in [1.807, 2.05) is 41.5 Å². The lowest BCUT2D eigenvalue weighted by atomic mass is 9.92. The van der Waals surface area contributed by atoms with E-state index in [0.29, 0.717) is 19.0 Å². The van der Waals surface area contributed by atoms with Gasteiger partial charge in [0.1, 0.15) is 5.60 Å². The van der Waals surface area contributed by atoms with Gasteiger partial charge in [-0.05, 0) is 60.3 Å². The molecule has 29 heavy (non-hydrogen) atoms. The maximum atomic E-state index is 12.4. The largest absolute Gasteiger partial charge is 0.444 e. The van der Waals surface area contributed by atoms with Crippen LogP contribution in [0.2, 0.25) is 0 Å². The molecule has 0 aromatic heterocycles. The molecule has 0 bridgehead atoms. The average Bonchev–Trinajstić information content (AvgIpc) is 2.65. The standard InChI is InChI=1S/C21H41N5O3/c1-9-25(19(28)29-20(2,3)4)14-16-10-12-26(13-11-16)18(23-8)24-15-21(5,6)17(27)22-7/h16H,9-15H2,1-8H3,(H,22,27)(H,23,24). The first-order valence-corrected chi connectivity index (χ1v) is 10.6. The number of piperidine rings is 1. The van der Waals surface area contributed by atoms with Crippen LogP contribution in [0.4, 0.5) is 4.79 Å². The highest BCUT2D eigenvalue weighted by Gasteiger charge is 2.29. The summed E-state index contributed by atoms with van der Waals surface area (Å²) in [5, 5.41) is 6.04. The van der Waals surface area contributed by atoms with Crippen molar-refractivity contribution in [2.24, 2.45) is 16.3 Å². The Labute approximate surface area is 176 Å². The van der Waals surface area contributed by atoms with Crippen molar-refractivity contribution in [3.63, 3.8) is 0 Å². The van der Waals surface area contributed by atoms with Gasteiger partial charge in [-0.1, -0.05) is 0 Å². The molecule has 0 aliphatic carbocycles. The van der Waals surface area contributed by atoms with E-state index in [2.05, 4.69) is 20.5 Å². The molecule has 0 aromatic carbocycles. The van der Waals surface area contributed by atoms with Crippen LogP contribution in [0.3, 0.4) is 0 Å². The number of nitrogens with one attached hydrogen (secondary N) is 2. The molecule has 0 unspecified atom stereocenters. The second kappa shape index (κ2) is 10.7. The second-order valence-corrected chi connectivity index (χ2v) is 9.31. The molecule has 1 aliphatic rings. The molecule has 0 atom stereocenters. The van der Waals surface area contributed by atoms with Crippen molar-refractivity contribution in [2.45, 2.75) is 60.0 Å². The second-order valence-electron chi connectivity index (χ2n) is 9.31. The van der Waals surface area contributed by atoms with E-state index in [-0.39, 0.29) is 12.0 Å². The molecule has 0 spiro atoms. The third kappa shape index (κ3) is 8.11. The van der Waals surface area contributed by atoms with Crippen LogP contribution >= 0.6 is 0 Å². The Morgan fingerprint density at radius 1 is 1.17 bits per heavy atom. The molecule has 2 amide bonds. The number of rotatable bonds is 6. The summed E-state index contributed by atoms with van der Waals surface area (Å²) in [7, 11) is 3.42. The third-order valence-corrected chi connectivity index (χ3v) is 5.17. The van der Waals surface area contributed by atoms with E-state index < -0.39 is 11.0 Å². The first-order chi connectivity index (χ1) is 13.4. The lowest BCUT2D eigenvalue weighted by Gasteiger charge is -2.37. The van der Waals surface area contributed by atoms with Gasteiger partial charge in [-0.2, -0.15) is 0 Å². The number of aliphatic imine (C=N–C) groups is 1. The number of carbonyl (C=O) groups is 2. The highest BCUT2D eigenvalue weighted by atomic mass is 16.6. The smallest absolute Gasteiger partial charge is 0.410 e. The number of nitrogens with zero attached hydrogens (tertiary/aromatic N) is 3. The lowest BCUT2D eigenvalue weighted by molar-refractivity contribution is -0.128. The van der Waals surface area contributed by atoms with Crippen LogP contribution in [0.25, 0.3) is 0 Å². The molecular formula is C21H41N5O3. The van der Waals surface area contributed by atoms with E-state index in [1.165, 1.54) is 0 Å². The Morgan fingerprint density at radius 3 is 2.21 bits per heavy atom. The molecule has 1 heterocycles. The van der Waals surface area contributed by atoms with Crippen LogP contribution in [-0.2, 0) is 9.53 Å². The number of likely N-dealkylation sites (tertiary alicyclic amines) is 1. The van der Waals surface area contributed by atoms with Gasteiger partial charge in [-0.15, -0.1) is 0 Å². The number of hydrogen-bond donors (Lipinski definition) is 2. The molecular weight excluding hydrogens is 370 g/mol. The molecule has 8 nitrogen and oxygen atoms in total. The van der Waals surface area contributed by atoms with Gasteiger partial charge in [-0.3, -0.25) is 9.79 Å². The Balaban J connectivity index is 2.55. The molecule has 1 rings (SSSR count). The monoisotopic (exact) mass is 411 g/mol. The first-order valence-electron chi connectivity index (χ1n) is 10.6. The molecule has 2 N–H and O–H groups in total. The average molecular weight is 412 g/mol. The summed E-state index contributed by atoms with van der Waals surface area (Å²) in [6.07, 6.45) is 1.73. The molecule has 1 fully saturated rings. The predicted octanol–water partition coefficient (Wildman–Crippen LogP) is 2.30. The van der Waals surface area contributed by atoms with Crippen LogP contribution in [-0.4, -0.2) is 80.2 Å². The van der Waals surface area contributed by atoms with E-state index in [0.717, 1.165) is 38.4 Å². The normalized spacial score (nSPS) is 16.4. The summed E-state index contributed by atoms with van der Waals surface area (Å²) in [5.74, 6) is 1.26. The molecule has 0 aromatic rings. The molecule has 8 heteroatoms. The zero-order valence-electron chi connectivity index (χ0n) is 19.6. The van der Waals surface area contributed by atoms with Gasteiger partial charge in [-0.25, -0.2) is 4.79 Å². The first kappa shape index (κ1) is 25.0. The summed E-state index contributed by atoms with van der Waals surface area (Å²) >= 11 is 0. The van der Waals surface area contributed by atoms with Crippen LogP contribution in [0, 0.1) is 11.3 Å². The van der Waals surface area contributed by atoms with Crippen LogP contribution in [0.1, 0.15) is 54.4 Å². The fraction of sp³-hybridized carbons (Fsp3) is 0.857. The predicted molar refractivity (Wildman–Crippen MR) is 117 cm³/mol. The summed E-state index contributed by atoms with van der Waals surface area (Å²) < 4.78 is 5.52. The minimum Gasteiger partial charge on any atom is -0.444 e. The van der Waals surface area contributed by atoms with Gasteiger partial charge in [0.2, 0.25) is 5.91 Å². The van der Waals surface area contributed by atoms with Gasteiger partial charge in [0.05, 0.1) is 5.41 Å². The number of carbonyl (C=O) groups excluding carboxylic acids is 2. The third-order valence-electron chi connectivity index (χ3n) is 5.17. The Bertz CT molecular complexity index is 575. The van der Waals surface area contributed by atoms with Crippen molar-refractivity contribution in [3.05, 3.63) is 0 Å². The van der Waals surface area contributed by atoms with Crippen LogP contribution in [0.15, 0.2) is 4.99 Å². The summed E-state index contributed by atoms with van der Waals surface area (Å²) in [6, 6.07) is 0. The lowest BCUT2D eigenvalue weighted by Crippen LogP contribution is -2.51. The van der Waals surface area contributed by atoms with Gasteiger partial charge in [0.25, 0.3) is 0 Å². The minimum absolute atomic E-state index is 0.000890. The van der Waals surface area contributed by atoms with Crippen molar-refractivity contribution in [2.75, 3.05) is 46.8 Å². The fourth-order valence-electron chi connectivity index (χ4n) is 3.35. The Kier molecular flexibility index (Phi) is 9.23. The number of guanidine groups is 1. The van der Waals surface area contributed by atoms with Crippen molar-refractivity contribution in [1.29, 1.82) is 0 Å². The summed E-state index contributed by atoms with van der Waals surface area (Å²) in [6.45, 7) is 15.1. The quantitative estimate of drug-likeness (QED) is 0.517. The van der Waals surface area contributed by atoms with Crippen LogP contribution < -0.4 is 10.6 Å². The van der Waals surface area contributed by atoms with Crippen LogP contribution in [0.5, 0.6) is 0 Å². The van der Waals surface area contributed by atoms with Crippen molar-refractivity contribution in [1.82, 2.24) is 20.4 Å². The molecule has 0 saturated carbocycles. The number of amides is 2. The maximum absolute atomic E-state index is 12.4. The summed E-state index contributed by atoms with van der Waals surface area (Å²) in [5.41, 5.74) is -0.994. The zero-order valence-corrected chi connectivity index (χ0v) is 19.6. The Hall–Kier alpha value is -1.99. The highest BCUT2D eigenvalue weighted by Crippen LogP contribution is 2.20. The number of hydrogen-bond acceptors (Lipinski definition) is 4. The number of ether oxygens (including phenoxy) is 1. The minimum atomic E-state index is -0.516. The van der Waals surface area contributed by atoms with Gasteiger partial charge in [0.15, 0.2) is 5.96 Å². The zero-order chi connectivity index (χ0) is 22.2. The molecule has 1 saturated heterocycles. The molecule has 0 radical (unpaired) electrons. The van der Waals surface area contributed by atoms with E-state index in [1.54, 1.807) is 19.0 Å². The molecule has 1 aliphatic heterocycles.